The van der Waals surface area contributed by atoms with Gasteiger partial charge in [0.25, 0.3) is 0 Å². The summed E-state index contributed by atoms with van der Waals surface area (Å²) in [4.78, 5) is 35.1. The minimum absolute atomic E-state index is 0.133. The Labute approximate surface area is 149 Å². The Morgan fingerprint density at radius 3 is 2.42 bits per heavy atom. The molecule has 26 heavy (non-hydrogen) atoms. The highest BCUT2D eigenvalue weighted by atomic mass is 16.6. The summed E-state index contributed by atoms with van der Waals surface area (Å²) in [6, 6.07) is 5.92. The lowest BCUT2D eigenvalue weighted by Gasteiger charge is -2.20. The minimum atomic E-state index is -1.39. The first-order valence-corrected chi connectivity index (χ1v) is 7.63. The topological polar surface area (TPSA) is 104 Å². The van der Waals surface area contributed by atoms with E-state index in [4.69, 9.17) is 9.47 Å². The molecule has 0 aliphatic carbocycles. The number of carbonyl (C=O) groups is 2. The molecule has 0 amide bonds. The number of aromatic nitrogens is 1. The van der Waals surface area contributed by atoms with Gasteiger partial charge in [-0.15, -0.1) is 0 Å². The third-order valence-corrected chi connectivity index (χ3v) is 3.65. The summed E-state index contributed by atoms with van der Waals surface area (Å²) in [5, 5.41) is 10.1. The minimum Gasteiger partial charge on any atom is -0.465 e. The van der Waals surface area contributed by atoms with Gasteiger partial charge in [-0.2, -0.15) is 0 Å². The number of benzene rings is 1. The van der Waals surface area contributed by atoms with Gasteiger partial charge in [-0.3, -0.25) is 9.59 Å². The summed E-state index contributed by atoms with van der Waals surface area (Å²) in [5.41, 5.74) is 0.565. The van der Waals surface area contributed by atoms with Crippen LogP contribution in [0.1, 0.15) is 34.8 Å². The van der Waals surface area contributed by atoms with Crippen LogP contribution in [0.2, 0.25) is 0 Å². The van der Waals surface area contributed by atoms with E-state index in [1.807, 2.05) is 0 Å². The highest BCUT2D eigenvalue weighted by Crippen LogP contribution is 2.24. The van der Waals surface area contributed by atoms with E-state index in [1.165, 1.54) is 31.9 Å². The quantitative estimate of drug-likeness (QED) is 0.489. The number of hydrogen-bond donors (Lipinski definition) is 1. The van der Waals surface area contributed by atoms with Crippen molar-refractivity contribution in [2.24, 2.45) is 0 Å². The number of methoxy groups -OCH3 is 2. The summed E-state index contributed by atoms with van der Waals surface area (Å²) >= 11 is 0. The Bertz CT molecular complexity index is 901. The third kappa shape index (κ3) is 3.98. The van der Waals surface area contributed by atoms with Gasteiger partial charge in [0.2, 0.25) is 0 Å². The first-order valence-electron chi connectivity index (χ1n) is 7.63. The fraction of sp³-hybridized carbons (Fsp3) is 0.278. The van der Waals surface area contributed by atoms with E-state index >= 15 is 0 Å². The summed E-state index contributed by atoms with van der Waals surface area (Å²) in [6.07, 6.45) is -0.110. The molecule has 1 N–H and O–H groups in total. The Hall–Kier alpha value is -2.97. The molecule has 1 atom stereocenters. The SMILES string of the molecule is COC(=O)c1cn(-c2ccc(OC(C)=O)cc2C)c([C@@H](O)OC)cc1=O. The summed E-state index contributed by atoms with van der Waals surface area (Å²) < 4.78 is 16.0. The van der Waals surface area contributed by atoms with Crippen molar-refractivity contribution in [3.8, 4) is 11.4 Å². The highest BCUT2D eigenvalue weighted by molar-refractivity contribution is 5.89. The number of aliphatic hydroxyl groups is 1. The number of hydrogen-bond acceptors (Lipinski definition) is 7. The van der Waals surface area contributed by atoms with Gasteiger partial charge in [-0.05, 0) is 30.7 Å². The largest absolute Gasteiger partial charge is 0.465 e. The number of ether oxygens (including phenoxy) is 3. The number of nitrogens with zero attached hydrogens (tertiary/aromatic N) is 1. The van der Waals surface area contributed by atoms with E-state index in [1.54, 1.807) is 25.1 Å². The number of carbonyl (C=O) groups excluding carboxylic acids is 2. The van der Waals surface area contributed by atoms with Crippen molar-refractivity contribution in [2.75, 3.05) is 14.2 Å². The monoisotopic (exact) mass is 361 g/mol. The van der Waals surface area contributed by atoms with E-state index in [0.29, 0.717) is 17.0 Å². The van der Waals surface area contributed by atoms with Crippen LogP contribution in [0.5, 0.6) is 5.75 Å². The van der Waals surface area contributed by atoms with Gasteiger partial charge in [-0.25, -0.2) is 4.79 Å². The second-order valence-electron chi connectivity index (χ2n) is 5.47. The molecule has 0 bridgehead atoms. The van der Waals surface area contributed by atoms with Crippen LogP contribution in [0, 0.1) is 6.92 Å². The van der Waals surface area contributed by atoms with E-state index in [9.17, 15) is 19.5 Å². The van der Waals surface area contributed by atoms with Crippen molar-refractivity contribution >= 4 is 11.9 Å². The molecule has 2 aromatic rings. The fourth-order valence-electron chi connectivity index (χ4n) is 2.46. The van der Waals surface area contributed by atoms with Crippen LogP contribution >= 0.6 is 0 Å². The Balaban J connectivity index is 2.68. The summed E-state index contributed by atoms with van der Waals surface area (Å²) in [5.74, 6) is -0.901. The Kier molecular flexibility index (Phi) is 5.91. The summed E-state index contributed by atoms with van der Waals surface area (Å²) in [7, 11) is 2.45. The van der Waals surface area contributed by atoms with Crippen LogP contribution in [-0.4, -0.2) is 35.8 Å². The maximum Gasteiger partial charge on any atom is 0.343 e. The van der Waals surface area contributed by atoms with Crippen molar-refractivity contribution in [3.63, 3.8) is 0 Å². The molecule has 2 rings (SSSR count). The predicted molar refractivity (Wildman–Crippen MR) is 91.4 cm³/mol. The molecule has 1 aromatic heterocycles. The second kappa shape index (κ2) is 7.94. The molecule has 1 aromatic carbocycles. The van der Waals surface area contributed by atoms with Crippen LogP contribution < -0.4 is 10.2 Å². The molecule has 1 heterocycles. The first-order chi connectivity index (χ1) is 12.3. The van der Waals surface area contributed by atoms with Gasteiger partial charge in [0.1, 0.15) is 11.3 Å². The molecular weight excluding hydrogens is 342 g/mol. The van der Waals surface area contributed by atoms with Crippen LogP contribution in [0.15, 0.2) is 35.3 Å². The van der Waals surface area contributed by atoms with Gasteiger partial charge >= 0.3 is 11.9 Å². The average Bonchev–Trinajstić information content (AvgIpc) is 2.60. The van der Waals surface area contributed by atoms with Crippen LogP contribution in [0.4, 0.5) is 0 Å². The maximum absolute atomic E-state index is 12.2. The van der Waals surface area contributed by atoms with Crippen molar-refractivity contribution in [1.29, 1.82) is 0 Å². The number of esters is 2. The van der Waals surface area contributed by atoms with Gasteiger partial charge < -0.3 is 23.9 Å². The van der Waals surface area contributed by atoms with Gasteiger partial charge in [0.15, 0.2) is 11.7 Å². The van der Waals surface area contributed by atoms with E-state index in [-0.39, 0.29) is 11.3 Å². The Morgan fingerprint density at radius 1 is 1.19 bits per heavy atom. The molecule has 0 aliphatic heterocycles. The molecule has 8 heteroatoms. The molecule has 0 spiro atoms. The lowest BCUT2D eigenvalue weighted by Crippen LogP contribution is -2.22. The zero-order chi connectivity index (χ0) is 19.4. The highest BCUT2D eigenvalue weighted by Gasteiger charge is 2.20. The smallest absolute Gasteiger partial charge is 0.343 e. The van der Waals surface area contributed by atoms with Crippen LogP contribution in [-0.2, 0) is 14.3 Å². The number of aliphatic hydroxyl groups excluding tert-OH is 1. The summed E-state index contributed by atoms with van der Waals surface area (Å²) in [6.45, 7) is 3.04. The second-order valence-corrected chi connectivity index (χ2v) is 5.47. The molecule has 8 nitrogen and oxygen atoms in total. The van der Waals surface area contributed by atoms with Gasteiger partial charge in [-0.1, -0.05) is 0 Å². The fourth-order valence-corrected chi connectivity index (χ4v) is 2.46. The number of pyridine rings is 1. The maximum atomic E-state index is 12.2. The van der Waals surface area contributed by atoms with E-state index in [2.05, 4.69) is 4.74 Å². The van der Waals surface area contributed by atoms with Crippen LogP contribution in [0.3, 0.4) is 0 Å². The normalized spacial score (nSPS) is 11.7. The lowest BCUT2D eigenvalue weighted by atomic mass is 10.1. The molecule has 0 unspecified atom stereocenters. The van der Waals surface area contributed by atoms with Crippen molar-refractivity contribution in [2.45, 2.75) is 20.1 Å². The number of aryl methyl sites for hydroxylation is 1. The van der Waals surface area contributed by atoms with Crippen LogP contribution in [0.25, 0.3) is 5.69 Å². The lowest BCUT2D eigenvalue weighted by molar-refractivity contribution is -0.131. The Morgan fingerprint density at radius 2 is 1.88 bits per heavy atom. The van der Waals surface area contributed by atoms with Gasteiger partial charge in [0, 0.05) is 32.0 Å². The predicted octanol–water partition coefficient (Wildman–Crippen LogP) is 1.50. The molecule has 138 valence electrons. The molecule has 0 aliphatic rings. The zero-order valence-electron chi connectivity index (χ0n) is 14.8. The average molecular weight is 361 g/mol. The molecule has 0 fully saturated rings. The number of rotatable bonds is 5. The molecule has 0 saturated carbocycles. The van der Waals surface area contributed by atoms with Crippen molar-refractivity contribution in [1.82, 2.24) is 4.57 Å². The molecular formula is C18H19NO7. The molecule has 0 radical (unpaired) electrons. The first kappa shape index (κ1) is 19.4. The van der Waals surface area contributed by atoms with Gasteiger partial charge in [0.05, 0.1) is 12.8 Å². The van der Waals surface area contributed by atoms with Crippen molar-refractivity contribution < 1.29 is 28.9 Å². The molecule has 0 saturated heterocycles. The zero-order valence-corrected chi connectivity index (χ0v) is 14.8. The van der Waals surface area contributed by atoms with E-state index < -0.39 is 23.7 Å². The van der Waals surface area contributed by atoms with Crippen molar-refractivity contribution in [3.05, 3.63) is 57.5 Å². The van der Waals surface area contributed by atoms with E-state index in [0.717, 1.165) is 6.07 Å². The standard InChI is InChI=1S/C18H19NO7/c1-10-7-12(26-11(2)20)5-6-14(10)19-9-13(17(22)24-3)16(21)8-15(19)18(23)25-4/h5-9,18,23H,1-4H3/t18-/m0/s1. The third-order valence-electron chi connectivity index (χ3n) is 3.65.